The Balaban J connectivity index is 2.03. The third-order valence-corrected chi connectivity index (χ3v) is 3.16. The average molecular weight is 257 g/mol. The minimum Gasteiger partial charge on any atom is -0.467 e. The second-order valence-electron chi connectivity index (χ2n) is 4.99. The van der Waals surface area contributed by atoms with Crippen LogP contribution < -0.4 is 5.32 Å². The van der Waals surface area contributed by atoms with E-state index >= 15 is 0 Å². The number of amides is 1. The molecule has 1 N–H and O–H groups in total. The lowest BCUT2D eigenvalue weighted by molar-refractivity contribution is 0.0935. The van der Waals surface area contributed by atoms with Crippen molar-refractivity contribution in [3.63, 3.8) is 0 Å². The van der Waals surface area contributed by atoms with Crippen LogP contribution in [0.1, 0.15) is 54.4 Å². The van der Waals surface area contributed by atoms with Crippen LogP contribution >= 0.6 is 0 Å². The van der Waals surface area contributed by atoms with Crippen molar-refractivity contribution in [1.82, 2.24) is 5.32 Å². The van der Waals surface area contributed by atoms with Gasteiger partial charge >= 0.3 is 0 Å². The third-order valence-electron chi connectivity index (χ3n) is 3.16. The summed E-state index contributed by atoms with van der Waals surface area (Å²) < 4.78 is 5.27. The molecular weight excluding hydrogens is 238 g/mol. The molecule has 2 rings (SSSR count). The van der Waals surface area contributed by atoms with E-state index in [0.29, 0.717) is 11.5 Å². The molecule has 0 aliphatic heterocycles. The lowest BCUT2D eigenvalue weighted by Gasteiger charge is -2.12. The molecule has 1 atom stereocenters. The molecule has 0 unspecified atom stereocenters. The minimum atomic E-state index is -0.132. The fourth-order valence-electron chi connectivity index (χ4n) is 1.91. The Morgan fingerprint density at radius 2 is 1.79 bits per heavy atom. The van der Waals surface area contributed by atoms with Gasteiger partial charge in [-0.05, 0) is 42.7 Å². The van der Waals surface area contributed by atoms with Crippen LogP contribution in [0.5, 0.6) is 0 Å². The molecule has 1 heterocycles. The zero-order valence-electron chi connectivity index (χ0n) is 11.5. The zero-order valence-corrected chi connectivity index (χ0v) is 11.5. The van der Waals surface area contributed by atoms with Crippen molar-refractivity contribution in [1.29, 1.82) is 0 Å². The van der Waals surface area contributed by atoms with Crippen LogP contribution in [0.4, 0.5) is 0 Å². The van der Waals surface area contributed by atoms with Gasteiger partial charge in [-0.3, -0.25) is 4.79 Å². The summed E-state index contributed by atoms with van der Waals surface area (Å²) >= 11 is 0. The van der Waals surface area contributed by atoms with Crippen LogP contribution in [-0.2, 0) is 0 Å². The standard InChI is InChI=1S/C16H19NO2/c1-11(2)13-6-8-14(9-7-13)16(18)17-12(3)15-5-4-10-19-15/h4-12H,1-3H3,(H,17,18)/t12-/m0/s1. The maximum Gasteiger partial charge on any atom is 0.251 e. The molecule has 0 fully saturated rings. The van der Waals surface area contributed by atoms with Crippen molar-refractivity contribution in [2.75, 3.05) is 0 Å². The molecule has 3 heteroatoms. The summed E-state index contributed by atoms with van der Waals surface area (Å²) in [5, 5.41) is 2.91. The van der Waals surface area contributed by atoms with E-state index in [4.69, 9.17) is 4.42 Å². The lowest BCUT2D eigenvalue weighted by Crippen LogP contribution is -2.26. The number of benzene rings is 1. The van der Waals surface area contributed by atoms with Crippen LogP contribution in [0.3, 0.4) is 0 Å². The highest BCUT2D eigenvalue weighted by atomic mass is 16.3. The van der Waals surface area contributed by atoms with Gasteiger partial charge in [0, 0.05) is 5.56 Å². The smallest absolute Gasteiger partial charge is 0.251 e. The average Bonchev–Trinajstić information content (AvgIpc) is 2.92. The first-order chi connectivity index (χ1) is 9.08. The van der Waals surface area contributed by atoms with Gasteiger partial charge in [-0.25, -0.2) is 0 Å². The first-order valence-corrected chi connectivity index (χ1v) is 6.52. The second-order valence-corrected chi connectivity index (χ2v) is 4.99. The van der Waals surface area contributed by atoms with Gasteiger partial charge in [0.1, 0.15) is 5.76 Å². The Kier molecular flexibility index (Phi) is 4.05. The van der Waals surface area contributed by atoms with E-state index in [2.05, 4.69) is 19.2 Å². The van der Waals surface area contributed by atoms with Gasteiger partial charge in [0.25, 0.3) is 5.91 Å². The van der Waals surface area contributed by atoms with Gasteiger partial charge < -0.3 is 9.73 Å². The largest absolute Gasteiger partial charge is 0.467 e. The highest BCUT2D eigenvalue weighted by Crippen LogP contribution is 2.16. The SMILES string of the molecule is CC(C)c1ccc(C(=O)N[C@@H](C)c2ccco2)cc1. The van der Waals surface area contributed by atoms with E-state index < -0.39 is 0 Å². The van der Waals surface area contributed by atoms with E-state index in [1.165, 1.54) is 5.56 Å². The summed E-state index contributed by atoms with van der Waals surface area (Å²) in [7, 11) is 0. The fraction of sp³-hybridized carbons (Fsp3) is 0.312. The summed E-state index contributed by atoms with van der Waals surface area (Å²) in [5.74, 6) is 1.14. The number of carbonyl (C=O) groups is 1. The van der Waals surface area contributed by atoms with Gasteiger partial charge in [-0.15, -0.1) is 0 Å². The third kappa shape index (κ3) is 3.25. The van der Waals surface area contributed by atoms with Gasteiger partial charge in [-0.2, -0.15) is 0 Å². The molecule has 0 aliphatic carbocycles. The Labute approximate surface area is 113 Å². The van der Waals surface area contributed by atoms with E-state index in [-0.39, 0.29) is 11.9 Å². The molecule has 100 valence electrons. The van der Waals surface area contributed by atoms with Gasteiger partial charge in [0.05, 0.1) is 12.3 Å². The number of hydrogen-bond donors (Lipinski definition) is 1. The normalized spacial score (nSPS) is 12.4. The highest BCUT2D eigenvalue weighted by molar-refractivity contribution is 5.94. The maximum absolute atomic E-state index is 12.1. The van der Waals surface area contributed by atoms with Crippen LogP contribution in [0.2, 0.25) is 0 Å². The first kappa shape index (κ1) is 13.4. The van der Waals surface area contributed by atoms with E-state index in [1.54, 1.807) is 6.26 Å². The van der Waals surface area contributed by atoms with Crippen LogP contribution in [-0.4, -0.2) is 5.91 Å². The molecular formula is C16H19NO2. The Morgan fingerprint density at radius 3 is 2.32 bits per heavy atom. The number of hydrogen-bond acceptors (Lipinski definition) is 2. The van der Waals surface area contributed by atoms with Gasteiger partial charge in [-0.1, -0.05) is 26.0 Å². The molecule has 19 heavy (non-hydrogen) atoms. The molecule has 0 aliphatic rings. The summed E-state index contributed by atoms with van der Waals surface area (Å²) in [6.45, 7) is 6.17. The lowest BCUT2D eigenvalue weighted by atomic mass is 10.0. The van der Waals surface area contributed by atoms with Crippen LogP contribution in [0.25, 0.3) is 0 Å². The minimum absolute atomic E-state index is 0.0841. The topological polar surface area (TPSA) is 42.2 Å². The summed E-state index contributed by atoms with van der Waals surface area (Å²) in [6, 6.07) is 11.3. The fourth-order valence-corrected chi connectivity index (χ4v) is 1.91. The maximum atomic E-state index is 12.1. The zero-order chi connectivity index (χ0) is 13.8. The molecule has 0 spiro atoms. The van der Waals surface area contributed by atoms with Crippen LogP contribution in [0.15, 0.2) is 47.1 Å². The van der Waals surface area contributed by atoms with Crippen molar-refractivity contribution in [3.8, 4) is 0 Å². The van der Waals surface area contributed by atoms with Crippen molar-refractivity contribution < 1.29 is 9.21 Å². The highest BCUT2D eigenvalue weighted by Gasteiger charge is 2.13. The van der Waals surface area contributed by atoms with Crippen LogP contribution in [0, 0.1) is 0 Å². The summed E-state index contributed by atoms with van der Waals surface area (Å²) in [6.07, 6.45) is 1.61. The monoisotopic (exact) mass is 257 g/mol. The molecule has 1 amide bonds. The molecule has 1 aromatic heterocycles. The van der Waals surface area contributed by atoms with Crippen molar-refractivity contribution in [2.24, 2.45) is 0 Å². The molecule has 0 radical (unpaired) electrons. The molecule has 0 saturated carbocycles. The number of carbonyl (C=O) groups excluding carboxylic acids is 1. The molecule has 2 aromatic rings. The number of furan rings is 1. The quantitative estimate of drug-likeness (QED) is 0.902. The Hall–Kier alpha value is -2.03. The van der Waals surface area contributed by atoms with Crippen molar-refractivity contribution >= 4 is 5.91 Å². The van der Waals surface area contributed by atoms with E-state index in [1.807, 2.05) is 43.3 Å². The van der Waals surface area contributed by atoms with E-state index in [0.717, 1.165) is 5.76 Å². The van der Waals surface area contributed by atoms with Crippen molar-refractivity contribution in [3.05, 3.63) is 59.5 Å². The predicted octanol–water partition coefficient (Wildman–Crippen LogP) is 3.89. The molecule has 0 bridgehead atoms. The van der Waals surface area contributed by atoms with Crippen molar-refractivity contribution in [2.45, 2.75) is 32.7 Å². The number of rotatable bonds is 4. The Morgan fingerprint density at radius 1 is 1.11 bits per heavy atom. The summed E-state index contributed by atoms with van der Waals surface area (Å²) in [4.78, 5) is 12.1. The number of nitrogens with one attached hydrogen (secondary N) is 1. The molecule has 1 aromatic carbocycles. The van der Waals surface area contributed by atoms with Gasteiger partial charge in [0.2, 0.25) is 0 Å². The summed E-state index contributed by atoms with van der Waals surface area (Å²) in [5.41, 5.74) is 1.90. The van der Waals surface area contributed by atoms with Gasteiger partial charge in [0.15, 0.2) is 0 Å². The Bertz CT molecular complexity index is 526. The molecule has 0 saturated heterocycles. The predicted molar refractivity (Wildman–Crippen MR) is 75.1 cm³/mol. The van der Waals surface area contributed by atoms with E-state index in [9.17, 15) is 4.79 Å². The second kappa shape index (κ2) is 5.74. The molecule has 3 nitrogen and oxygen atoms in total. The first-order valence-electron chi connectivity index (χ1n) is 6.52.